The van der Waals surface area contributed by atoms with E-state index in [0.29, 0.717) is 5.75 Å². The summed E-state index contributed by atoms with van der Waals surface area (Å²) in [4.78, 5) is 16.1. The SMILES string of the molecule is COc1ccc(N(c2ccc(CN(C)C)cc2)c2ncnc3[nH]ccc23)cc1O. The van der Waals surface area contributed by atoms with Crippen molar-refractivity contribution in [3.05, 3.63) is 66.6 Å². The van der Waals surface area contributed by atoms with E-state index in [4.69, 9.17) is 4.74 Å². The molecule has 29 heavy (non-hydrogen) atoms. The number of aromatic nitrogens is 3. The summed E-state index contributed by atoms with van der Waals surface area (Å²) < 4.78 is 5.20. The van der Waals surface area contributed by atoms with Crippen LogP contribution in [0, 0.1) is 0 Å². The number of rotatable bonds is 6. The van der Waals surface area contributed by atoms with E-state index >= 15 is 0 Å². The van der Waals surface area contributed by atoms with Crippen molar-refractivity contribution in [2.75, 3.05) is 26.1 Å². The number of H-pyrrole nitrogens is 1. The van der Waals surface area contributed by atoms with Gasteiger partial charge in [0.25, 0.3) is 0 Å². The molecule has 2 heterocycles. The number of aromatic amines is 1. The number of methoxy groups -OCH3 is 1. The highest BCUT2D eigenvalue weighted by atomic mass is 16.5. The lowest BCUT2D eigenvalue weighted by Gasteiger charge is -2.25. The Balaban J connectivity index is 1.85. The maximum Gasteiger partial charge on any atom is 0.160 e. The van der Waals surface area contributed by atoms with Crippen LogP contribution in [0.25, 0.3) is 11.0 Å². The molecule has 0 unspecified atom stereocenters. The second-order valence-electron chi connectivity index (χ2n) is 7.03. The molecule has 0 aliphatic heterocycles. The Morgan fingerprint density at radius 1 is 1.00 bits per heavy atom. The minimum absolute atomic E-state index is 0.0681. The van der Waals surface area contributed by atoms with Crippen LogP contribution in [0.3, 0.4) is 0 Å². The van der Waals surface area contributed by atoms with Gasteiger partial charge in [-0.15, -0.1) is 0 Å². The third-order valence-corrected chi connectivity index (χ3v) is 4.66. The number of fused-ring (bicyclic) bond motifs is 1. The van der Waals surface area contributed by atoms with Gasteiger partial charge in [0.1, 0.15) is 12.0 Å². The molecular formula is C22H23N5O2. The van der Waals surface area contributed by atoms with Gasteiger partial charge in [0.15, 0.2) is 17.3 Å². The molecule has 0 saturated carbocycles. The Labute approximate surface area is 169 Å². The molecule has 4 aromatic rings. The van der Waals surface area contributed by atoms with Crippen molar-refractivity contribution in [1.82, 2.24) is 19.9 Å². The van der Waals surface area contributed by atoms with Crippen LogP contribution in [0.2, 0.25) is 0 Å². The number of phenolic OH excluding ortho intramolecular Hbond substituents is 1. The molecule has 4 rings (SSSR count). The van der Waals surface area contributed by atoms with E-state index in [2.05, 4.69) is 44.1 Å². The number of aromatic hydroxyl groups is 1. The topological polar surface area (TPSA) is 77.5 Å². The summed E-state index contributed by atoms with van der Waals surface area (Å²) in [5.41, 5.74) is 3.66. The van der Waals surface area contributed by atoms with E-state index in [-0.39, 0.29) is 5.75 Å². The minimum Gasteiger partial charge on any atom is -0.504 e. The van der Waals surface area contributed by atoms with Crippen LogP contribution in [0.15, 0.2) is 61.1 Å². The Morgan fingerprint density at radius 2 is 1.76 bits per heavy atom. The van der Waals surface area contributed by atoms with Crippen molar-refractivity contribution in [3.63, 3.8) is 0 Å². The maximum absolute atomic E-state index is 10.4. The highest BCUT2D eigenvalue weighted by Gasteiger charge is 2.19. The molecule has 0 aliphatic carbocycles. The van der Waals surface area contributed by atoms with Crippen molar-refractivity contribution in [3.8, 4) is 11.5 Å². The quantitative estimate of drug-likeness (QED) is 0.515. The normalized spacial score (nSPS) is 11.2. The van der Waals surface area contributed by atoms with E-state index in [9.17, 15) is 5.11 Å². The molecule has 0 amide bonds. The van der Waals surface area contributed by atoms with Crippen LogP contribution < -0.4 is 9.64 Å². The molecule has 7 heteroatoms. The largest absolute Gasteiger partial charge is 0.504 e. The summed E-state index contributed by atoms with van der Waals surface area (Å²) in [5, 5.41) is 11.2. The van der Waals surface area contributed by atoms with E-state index in [1.54, 1.807) is 12.1 Å². The average molecular weight is 389 g/mol. The van der Waals surface area contributed by atoms with Gasteiger partial charge in [-0.2, -0.15) is 0 Å². The molecule has 2 aromatic carbocycles. The Morgan fingerprint density at radius 3 is 2.45 bits per heavy atom. The zero-order valence-corrected chi connectivity index (χ0v) is 16.6. The molecule has 2 N–H and O–H groups in total. The second kappa shape index (κ2) is 7.81. The van der Waals surface area contributed by atoms with Gasteiger partial charge in [-0.05, 0) is 50.0 Å². The first-order valence-corrected chi connectivity index (χ1v) is 9.25. The molecule has 0 fully saturated rings. The third-order valence-electron chi connectivity index (χ3n) is 4.66. The number of benzene rings is 2. The number of nitrogens with zero attached hydrogens (tertiary/aromatic N) is 4. The zero-order valence-electron chi connectivity index (χ0n) is 16.6. The fourth-order valence-corrected chi connectivity index (χ4v) is 3.36. The predicted octanol–water partition coefficient (Wildman–Crippen LogP) is 4.20. The van der Waals surface area contributed by atoms with Gasteiger partial charge in [0.05, 0.1) is 18.2 Å². The van der Waals surface area contributed by atoms with Gasteiger partial charge >= 0.3 is 0 Å². The summed E-state index contributed by atoms with van der Waals surface area (Å²) >= 11 is 0. The van der Waals surface area contributed by atoms with Crippen molar-refractivity contribution < 1.29 is 9.84 Å². The first-order chi connectivity index (χ1) is 14.1. The molecule has 0 saturated heterocycles. The first-order valence-electron chi connectivity index (χ1n) is 9.25. The molecular weight excluding hydrogens is 366 g/mol. The second-order valence-corrected chi connectivity index (χ2v) is 7.03. The number of hydrogen-bond donors (Lipinski definition) is 2. The van der Waals surface area contributed by atoms with Crippen LogP contribution >= 0.6 is 0 Å². The molecule has 2 aromatic heterocycles. The summed E-state index contributed by atoms with van der Waals surface area (Å²) in [6.45, 7) is 0.860. The fraction of sp³-hybridized carbons (Fsp3) is 0.182. The van der Waals surface area contributed by atoms with Crippen molar-refractivity contribution in [2.45, 2.75) is 6.54 Å². The van der Waals surface area contributed by atoms with Gasteiger partial charge in [-0.1, -0.05) is 12.1 Å². The zero-order chi connectivity index (χ0) is 20.4. The highest BCUT2D eigenvalue weighted by molar-refractivity contribution is 5.93. The van der Waals surface area contributed by atoms with Crippen molar-refractivity contribution in [1.29, 1.82) is 0 Å². The van der Waals surface area contributed by atoms with Crippen LogP contribution in [-0.2, 0) is 6.54 Å². The van der Waals surface area contributed by atoms with Crippen molar-refractivity contribution >= 4 is 28.2 Å². The fourth-order valence-electron chi connectivity index (χ4n) is 3.36. The molecule has 148 valence electrons. The summed E-state index contributed by atoms with van der Waals surface area (Å²) in [7, 11) is 5.62. The monoisotopic (exact) mass is 389 g/mol. The lowest BCUT2D eigenvalue weighted by atomic mass is 10.1. The summed E-state index contributed by atoms with van der Waals surface area (Å²) in [6.07, 6.45) is 3.37. The number of phenols is 1. The predicted molar refractivity (Wildman–Crippen MR) is 114 cm³/mol. The molecule has 7 nitrogen and oxygen atoms in total. The number of nitrogens with one attached hydrogen (secondary N) is 1. The molecule has 0 radical (unpaired) electrons. The van der Waals surface area contributed by atoms with E-state index in [1.807, 2.05) is 37.3 Å². The molecule has 0 spiro atoms. The van der Waals surface area contributed by atoms with Crippen molar-refractivity contribution in [2.24, 2.45) is 0 Å². The average Bonchev–Trinajstić information content (AvgIpc) is 3.19. The third kappa shape index (κ3) is 3.72. The first kappa shape index (κ1) is 18.8. The summed E-state index contributed by atoms with van der Waals surface area (Å²) in [6, 6.07) is 15.6. The number of ether oxygens (including phenoxy) is 1. The van der Waals surface area contributed by atoms with Crippen LogP contribution in [0.4, 0.5) is 17.2 Å². The number of hydrogen-bond acceptors (Lipinski definition) is 6. The lowest BCUT2D eigenvalue weighted by Crippen LogP contribution is -2.13. The minimum atomic E-state index is 0.0681. The smallest absolute Gasteiger partial charge is 0.160 e. The molecule has 0 atom stereocenters. The van der Waals surface area contributed by atoms with E-state index < -0.39 is 0 Å². The van der Waals surface area contributed by atoms with Gasteiger partial charge in [-0.25, -0.2) is 9.97 Å². The van der Waals surface area contributed by atoms with E-state index in [1.165, 1.54) is 19.0 Å². The van der Waals surface area contributed by atoms with Gasteiger partial charge in [0, 0.05) is 24.5 Å². The number of anilines is 3. The standard InChI is InChI=1S/C22H23N5O2/c1-26(2)13-15-4-6-16(7-5-15)27(17-8-9-20(29-3)19(28)12-17)22-18-10-11-23-21(18)24-14-25-22/h4-12,14,28H,13H2,1-3H3,(H,23,24,25). The Bertz CT molecular complexity index is 1120. The molecule has 0 bridgehead atoms. The van der Waals surface area contributed by atoms with Gasteiger partial charge < -0.3 is 19.7 Å². The highest BCUT2D eigenvalue weighted by Crippen LogP contribution is 2.40. The van der Waals surface area contributed by atoms with E-state index in [0.717, 1.165) is 34.8 Å². The van der Waals surface area contributed by atoms with Crippen LogP contribution in [0.1, 0.15) is 5.56 Å². The Kier molecular flexibility index (Phi) is 5.05. The maximum atomic E-state index is 10.4. The van der Waals surface area contributed by atoms with Crippen LogP contribution in [-0.4, -0.2) is 46.2 Å². The molecule has 0 aliphatic rings. The Hall–Kier alpha value is -3.58. The lowest BCUT2D eigenvalue weighted by molar-refractivity contribution is 0.373. The van der Waals surface area contributed by atoms with Crippen LogP contribution in [0.5, 0.6) is 11.5 Å². The summed E-state index contributed by atoms with van der Waals surface area (Å²) in [5.74, 6) is 1.21. The van der Waals surface area contributed by atoms with Gasteiger partial charge in [-0.3, -0.25) is 4.90 Å². The van der Waals surface area contributed by atoms with Gasteiger partial charge in [0.2, 0.25) is 0 Å².